The Bertz CT molecular complexity index is 705. The molecule has 0 aliphatic carbocycles. The van der Waals surface area contributed by atoms with Gasteiger partial charge in [0.05, 0.1) is 6.54 Å². The highest BCUT2D eigenvalue weighted by molar-refractivity contribution is 5.84. The number of hydrogen-bond acceptors (Lipinski definition) is 6. The molecule has 2 rings (SSSR count). The number of anilines is 1. The van der Waals surface area contributed by atoms with Crippen LogP contribution in [-0.2, 0) is 16.1 Å². The molecule has 1 amide bonds. The molecule has 1 aromatic carbocycles. The molecule has 1 aromatic rings. The van der Waals surface area contributed by atoms with Crippen molar-refractivity contribution < 1.29 is 19.5 Å². The molecular weight excluding hydrogens is 334 g/mol. The number of rotatable bonds is 4. The summed E-state index contributed by atoms with van der Waals surface area (Å²) >= 11 is 0. The van der Waals surface area contributed by atoms with Gasteiger partial charge >= 0.3 is 6.09 Å². The number of hydroxylamine groups is 2. The van der Waals surface area contributed by atoms with Gasteiger partial charge in [-0.15, -0.1) is 0 Å². The number of carbonyl (C=O) groups is 1. The van der Waals surface area contributed by atoms with Gasteiger partial charge in [-0.2, -0.15) is 5.06 Å². The summed E-state index contributed by atoms with van der Waals surface area (Å²) in [6.45, 7) is 9.80. The summed E-state index contributed by atoms with van der Waals surface area (Å²) in [5.41, 5.74) is 1.41. The third kappa shape index (κ3) is 4.69. The van der Waals surface area contributed by atoms with E-state index in [2.05, 4.69) is 10.3 Å². The Morgan fingerprint density at radius 2 is 1.96 bits per heavy atom. The Kier molecular flexibility index (Phi) is 5.86. The summed E-state index contributed by atoms with van der Waals surface area (Å²) in [7, 11) is 0. The first-order valence-corrected chi connectivity index (χ1v) is 8.65. The van der Waals surface area contributed by atoms with Crippen molar-refractivity contribution in [3.05, 3.63) is 29.3 Å². The van der Waals surface area contributed by atoms with E-state index >= 15 is 0 Å². The quantitative estimate of drug-likeness (QED) is 0.629. The topological polar surface area (TPSA) is 91.2 Å². The highest BCUT2D eigenvalue weighted by Crippen LogP contribution is 2.38. The number of isocyanates is 1. The summed E-state index contributed by atoms with van der Waals surface area (Å²) in [6, 6.07) is 5.39. The molecule has 0 spiro atoms. The zero-order valence-electron chi connectivity index (χ0n) is 16.0. The summed E-state index contributed by atoms with van der Waals surface area (Å²) in [4.78, 5) is 26.2. The predicted octanol–water partition coefficient (Wildman–Crippen LogP) is 3.79. The summed E-state index contributed by atoms with van der Waals surface area (Å²) in [6.07, 6.45) is 1.75. The molecule has 0 saturated carbocycles. The summed E-state index contributed by atoms with van der Waals surface area (Å²) < 4.78 is 5.59. The molecule has 26 heavy (non-hydrogen) atoms. The highest BCUT2D eigenvalue weighted by atomic mass is 16.6. The van der Waals surface area contributed by atoms with Crippen LogP contribution in [0.5, 0.6) is 0 Å². The monoisotopic (exact) mass is 361 g/mol. The summed E-state index contributed by atoms with van der Waals surface area (Å²) in [5, 5.41) is 14.4. The third-order valence-corrected chi connectivity index (χ3v) is 4.78. The van der Waals surface area contributed by atoms with Crippen LogP contribution in [-0.4, -0.2) is 39.6 Å². The summed E-state index contributed by atoms with van der Waals surface area (Å²) in [5.74, 6) is 0. The lowest BCUT2D eigenvalue weighted by molar-refractivity contribution is -0.256. The van der Waals surface area contributed by atoms with Gasteiger partial charge in [0.2, 0.25) is 6.08 Å². The number of amides is 1. The minimum Gasteiger partial charge on any atom is -0.446 e. The molecule has 0 bridgehead atoms. The van der Waals surface area contributed by atoms with Crippen LogP contribution in [0, 0.1) is 6.92 Å². The van der Waals surface area contributed by atoms with Crippen LogP contribution < -0.4 is 5.32 Å². The fourth-order valence-corrected chi connectivity index (χ4v) is 3.60. The van der Waals surface area contributed by atoms with Crippen LogP contribution in [0.4, 0.5) is 10.5 Å². The Labute approximate surface area is 154 Å². The molecule has 0 radical (unpaired) electrons. The van der Waals surface area contributed by atoms with E-state index in [-0.39, 0.29) is 12.6 Å². The van der Waals surface area contributed by atoms with Crippen molar-refractivity contribution in [2.24, 2.45) is 4.99 Å². The van der Waals surface area contributed by atoms with Gasteiger partial charge in [0.15, 0.2) is 0 Å². The largest absolute Gasteiger partial charge is 0.446 e. The number of carbonyl (C=O) groups excluding carboxylic acids is 2. The number of aliphatic imine (C=N–C) groups is 1. The first-order chi connectivity index (χ1) is 12.0. The second-order valence-electron chi connectivity index (χ2n) is 8.05. The van der Waals surface area contributed by atoms with E-state index in [0.717, 1.165) is 11.1 Å². The van der Waals surface area contributed by atoms with Crippen LogP contribution in [0.1, 0.15) is 51.7 Å². The zero-order chi connectivity index (χ0) is 19.5. The maximum Gasteiger partial charge on any atom is 0.411 e. The van der Waals surface area contributed by atoms with Gasteiger partial charge in [0.25, 0.3) is 0 Å². The molecule has 0 atom stereocenters. The van der Waals surface area contributed by atoms with E-state index in [9.17, 15) is 14.8 Å². The molecule has 7 heteroatoms. The number of nitrogens with zero attached hydrogens (tertiary/aromatic N) is 2. The second kappa shape index (κ2) is 7.58. The average Bonchev–Trinajstić information content (AvgIpc) is 2.52. The number of ether oxygens (including phenoxy) is 1. The van der Waals surface area contributed by atoms with Crippen molar-refractivity contribution in [3.8, 4) is 0 Å². The Balaban J connectivity index is 2.04. The molecule has 1 heterocycles. The van der Waals surface area contributed by atoms with Gasteiger partial charge in [-0.1, -0.05) is 6.07 Å². The Morgan fingerprint density at radius 3 is 2.54 bits per heavy atom. The van der Waals surface area contributed by atoms with E-state index in [4.69, 9.17) is 4.74 Å². The number of nitrogens with one attached hydrogen (secondary N) is 1. The number of hydrogen-bond donors (Lipinski definition) is 2. The number of benzene rings is 1. The van der Waals surface area contributed by atoms with Crippen LogP contribution in [0.25, 0.3) is 0 Å². The molecule has 1 aliphatic heterocycles. The highest BCUT2D eigenvalue weighted by Gasteiger charge is 2.46. The van der Waals surface area contributed by atoms with Gasteiger partial charge in [-0.05, 0) is 57.9 Å². The molecule has 2 N–H and O–H groups in total. The van der Waals surface area contributed by atoms with Gasteiger partial charge in [0.1, 0.15) is 6.10 Å². The van der Waals surface area contributed by atoms with Crippen molar-refractivity contribution in [1.29, 1.82) is 0 Å². The maximum atomic E-state index is 12.3. The maximum absolute atomic E-state index is 12.3. The zero-order valence-corrected chi connectivity index (χ0v) is 16.0. The average molecular weight is 361 g/mol. The first-order valence-electron chi connectivity index (χ1n) is 8.65. The molecule has 7 nitrogen and oxygen atoms in total. The van der Waals surface area contributed by atoms with E-state index in [1.165, 1.54) is 11.1 Å². The van der Waals surface area contributed by atoms with Gasteiger partial charge in [0, 0.05) is 29.6 Å². The Morgan fingerprint density at radius 1 is 1.35 bits per heavy atom. The minimum absolute atomic E-state index is 0.219. The van der Waals surface area contributed by atoms with E-state index in [0.29, 0.717) is 18.5 Å². The molecule has 0 aromatic heterocycles. The normalized spacial score (nSPS) is 19.5. The Hall–Kier alpha value is -2.21. The number of aryl methyl sites for hydroxylation is 1. The van der Waals surface area contributed by atoms with Crippen molar-refractivity contribution in [2.75, 3.05) is 5.32 Å². The lowest BCUT2D eigenvalue weighted by Gasteiger charge is -2.50. The van der Waals surface area contributed by atoms with E-state index in [1.807, 2.05) is 40.7 Å². The van der Waals surface area contributed by atoms with Gasteiger partial charge in [-0.3, -0.25) is 5.32 Å². The predicted molar refractivity (Wildman–Crippen MR) is 97.9 cm³/mol. The lowest BCUT2D eigenvalue weighted by atomic mass is 9.80. The standard InChI is InChI=1S/C19H27N3O4/c1-13-6-7-15(8-14(13)11-20-12-23)21-17(24)26-16-9-18(2,3)22(25)19(4,5)10-16/h6-8,16,25H,9-11H2,1-5H3,(H,21,24). The molecule has 1 fully saturated rings. The molecule has 1 saturated heterocycles. The fraction of sp³-hybridized carbons (Fsp3) is 0.579. The second-order valence-corrected chi connectivity index (χ2v) is 8.05. The smallest absolute Gasteiger partial charge is 0.411 e. The fourth-order valence-electron chi connectivity index (χ4n) is 3.60. The molecule has 142 valence electrons. The van der Waals surface area contributed by atoms with Crippen molar-refractivity contribution >= 4 is 17.9 Å². The SMILES string of the molecule is Cc1ccc(NC(=O)OC2CC(C)(C)N(O)C(C)(C)C2)cc1CN=C=O. The van der Waals surface area contributed by atoms with Crippen molar-refractivity contribution in [1.82, 2.24) is 5.06 Å². The van der Waals surface area contributed by atoms with E-state index < -0.39 is 17.2 Å². The van der Waals surface area contributed by atoms with Crippen LogP contribution in [0.3, 0.4) is 0 Å². The molecule has 1 aliphatic rings. The molecule has 0 unspecified atom stereocenters. The van der Waals surface area contributed by atoms with Crippen LogP contribution >= 0.6 is 0 Å². The van der Waals surface area contributed by atoms with Gasteiger partial charge in [-0.25, -0.2) is 14.6 Å². The number of piperidine rings is 1. The lowest BCUT2D eigenvalue weighted by Crippen LogP contribution is -2.60. The van der Waals surface area contributed by atoms with Crippen LogP contribution in [0.2, 0.25) is 0 Å². The van der Waals surface area contributed by atoms with Gasteiger partial charge < -0.3 is 9.94 Å². The van der Waals surface area contributed by atoms with E-state index in [1.54, 1.807) is 12.1 Å². The molecular formula is C19H27N3O4. The van der Waals surface area contributed by atoms with Crippen molar-refractivity contribution in [3.63, 3.8) is 0 Å². The first kappa shape index (κ1) is 20.1. The van der Waals surface area contributed by atoms with Crippen molar-refractivity contribution in [2.45, 2.75) is 71.2 Å². The minimum atomic E-state index is -0.540. The third-order valence-electron chi connectivity index (χ3n) is 4.78. The van der Waals surface area contributed by atoms with Crippen LogP contribution in [0.15, 0.2) is 23.2 Å².